The van der Waals surface area contributed by atoms with E-state index in [0.717, 1.165) is 0 Å². The maximum Gasteiger partial charge on any atom is 0.230 e. The van der Waals surface area contributed by atoms with Gasteiger partial charge in [-0.1, -0.05) is 0 Å². The van der Waals surface area contributed by atoms with E-state index < -0.39 is 30.6 Å². The van der Waals surface area contributed by atoms with Crippen molar-refractivity contribution in [2.75, 3.05) is 7.11 Å². The van der Waals surface area contributed by atoms with Gasteiger partial charge in [0.15, 0.2) is 12.1 Å². The first kappa shape index (κ1) is 9.33. The van der Waals surface area contributed by atoms with Crippen LogP contribution >= 0.6 is 0 Å². The molecule has 0 radical (unpaired) electrons. The van der Waals surface area contributed by atoms with Crippen LogP contribution in [0.4, 0.5) is 4.39 Å². The minimum absolute atomic E-state index is 0.463. The van der Waals surface area contributed by atoms with E-state index in [1.807, 2.05) is 0 Å². The molecule has 5 heteroatoms. The molecule has 0 aromatic carbocycles. The van der Waals surface area contributed by atoms with E-state index in [1.165, 1.54) is 7.11 Å². The molecule has 0 N–H and O–H groups in total. The molecule has 4 unspecified atom stereocenters. The summed E-state index contributed by atoms with van der Waals surface area (Å²) in [5, 5.41) is 0. The van der Waals surface area contributed by atoms with E-state index in [0.29, 0.717) is 0 Å². The number of hydrogen-bond acceptors (Lipinski definition) is 4. The molecular formula is C8H13FO4. The van der Waals surface area contributed by atoms with E-state index in [9.17, 15) is 4.39 Å². The molecule has 0 spiro atoms. The number of ether oxygens (including phenoxy) is 4. The van der Waals surface area contributed by atoms with Crippen LogP contribution in [-0.4, -0.2) is 37.8 Å². The van der Waals surface area contributed by atoms with Crippen LogP contribution < -0.4 is 0 Å². The molecule has 0 saturated carbocycles. The van der Waals surface area contributed by atoms with E-state index >= 15 is 0 Å². The first-order valence-corrected chi connectivity index (χ1v) is 4.21. The number of methoxy groups -OCH3 is 1. The van der Waals surface area contributed by atoms with Gasteiger partial charge >= 0.3 is 0 Å². The predicted octanol–water partition coefficient (Wildman–Crippen LogP) is 0.805. The van der Waals surface area contributed by atoms with Gasteiger partial charge in [-0.2, -0.15) is 0 Å². The molecule has 0 aromatic rings. The first-order chi connectivity index (χ1) is 6.03. The van der Waals surface area contributed by atoms with Crippen molar-refractivity contribution >= 4 is 0 Å². The fourth-order valence-corrected chi connectivity index (χ4v) is 1.70. The van der Waals surface area contributed by atoms with Gasteiger partial charge in [0.05, 0.1) is 0 Å². The Morgan fingerprint density at radius 3 is 2.46 bits per heavy atom. The van der Waals surface area contributed by atoms with Crippen molar-refractivity contribution in [3.05, 3.63) is 0 Å². The minimum atomic E-state index is -1.46. The van der Waals surface area contributed by atoms with Crippen molar-refractivity contribution in [2.24, 2.45) is 0 Å². The van der Waals surface area contributed by atoms with Crippen molar-refractivity contribution in [3.63, 3.8) is 0 Å². The highest BCUT2D eigenvalue weighted by Gasteiger charge is 2.56. The highest BCUT2D eigenvalue weighted by Crippen LogP contribution is 2.39. The smallest absolute Gasteiger partial charge is 0.230 e. The Morgan fingerprint density at radius 2 is 1.85 bits per heavy atom. The lowest BCUT2D eigenvalue weighted by Crippen LogP contribution is -2.30. The zero-order valence-corrected chi connectivity index (χ0v) is 7.82. The van der Waals surface area contributed by atoms with Crippen molar-refractivity contribution in [1.82, 2.24) is 0 Å². The molecule has 2 aliphatic heterocycles. The molecule has 4 nitrogen and oxygen atoms in total. The van der Waals surface area contributed by atoms with E-state index in [-0.39, 0.29) is 0 Å². The summed E-state index contributed by atoms with van der Waals surface area (Å²) in [6.45, 7) is 3.48. The molecular weight excluding hydrogens is 179 g/mol. The van der Waals surface area contributed by atoms with Gasteiger partial charge in [0, 0.05) is 7.11 Å². The molecule has 2 saturated heterocycles. The summed E-state index contributed by atoms with van der Waals surface area (Å²) < 4.78 is 33.7. The lowest BCUT2D eigenvalue weighted by atomic mass is 10.2. The summed E-state index contributed by atoms with van der Waals surface area (Å²) >= 11 is 0. The summed E-state index contributed by atoms with van der Waals surface area (Å²) in [6.07, 6.45) is -3.26. The zero-order valence-electron chi connectivity index (χ0n) is 7.82. The van der Waals surface area contributed by atoms with Crippen LogP contribution in [0.5, 0.6) is 0 Å². The third-order valence-electron chi connectivity index (χ3n) is 2.19. The molecule has 76 valence electrons. The van der Waals surface area contributed by atoms with E-state index in [2.05, 4.69) is 0 Å². The molecule has 0 bridgehead atoms. The summed E-state index contributed by atoms with van der Waals surface area (Å²) in [5.74, 6) is -0.750. The Hall–Kier alpha value is -0.230. The zero-order chi connectivity index (χ0) is 9.64. The van der Waals surface area contributed by atoms with Crippen LogP contribution in [0.25, 0.3) is 0 Å². The molecule has 2 fully saturated rings. The Labute approximate surface area is 75.9 Å². The van der Waals surface area contributed by atoms with Crippen molar-refractivity contribution in [1.29, 1.82) is 0 Å². The van der Waals surface area contributed by atoms with Crippen LogP contribution in [0.15, 0.2) is 0 Å². The van der Waals surface area contributed by atoms with Crippen molar-refractivity contribution < 1.29 is 23.3 Å². The maximum absolute atomic E-state index is 13.2. The Bertz CT molecular complexity index is 208. The highest BCUT2D eigenvalue weighted by molar-refractivity contribution is 4.90. The molecule has 0 aliphatic carbocycles. The van der Waals surface area contributed by atoms with Crippen LogP contribution in [0, 0.1) is 0 Å². The van der Waals surface area contributed by atoms with E-state index in [4.69, 9.17) is 18.9 Å². The van der Waals surface area contributed by atoms with Crippen molar-refractivity contribution in [3.8, 4) is 0 Å². The van der Waals surface area contributed by atoms with Gasteiger partial charge in [-0.3, -0.25) is 0 Å². The average molecular weight is 192 g/mol. The van der Waals surface area contributed by atoms with Gasteiger partial charge in [0.2, 0.25) is 6.36 Å². The lowest BCUT2D eigenvalue weighted by Gasteiger charge is -2.21. The SMILES string of the molecule is COC1OC(F)C2OC(C)(C)OC12. The molecule has 2 heterocycles. The second kappa shape index (κ2) is 2.88. The third-order valence-corrected chi connectivity index (χ3v) is 2.19. The quantitative estimate of drug-likeness (QED) is 0.616. The number of halogens is 1. The number of alkyl halides is 1. The topological polar surface area (TPSA) is 36.9 Å². The van der Waals surface area contributed by atoms with Gasteiger partial charge < -0.3 is 18.9 Å². The fourth-order valence-electron chi connectivity index (χ4n) is 1.70. The van der Waals surface area contributed by atoms with Gasteiger partial charge in [-0.25, -0.2) is 4.39 Å². The molecule has 13 heavy (non-hydrogen) atoms. The molecule has 2 aliphatic rings. The summed E-state index contributed by atoms with van der Waals surface area (Å²) in [7, 11) is 1.45. The Morgan fingerprint density at radius 1 is 1.23 bits per heavy atom. The number of fused-ring (bicyclic) bond motifs is 1. The van der Waals surface area contributed by atoms with Gasteiger partial charge in [-0.05, 0) is 13.8 Å². The fraction of sp³-hybridized carbons (Fsp3) is 1.00. The Kier molecular flexibility index (Phi) is 2.07. The third kappa shape index (κ3) is 1.46. The monoisotopic (exact) mass is 192 g/mol. The minimum Gasteiger partial charge on any atom is -0.353 e. The second-order valence-corrected chi connectivity index (χ2v) is 3.66. The summed E-state index contributed by atoms with van der Waals surface area (Å²) in [6, 6.07) is 0. The van der Waals surface area contributed by atoms with E-state index in [1.54, 1.807) is 13.8 Å². The molecule has 4 atom stereocenters. The molecule has 0 amide bonds. The van der Waals surface area contributed by atoms with Crippen LogP contribution in [0.2, 0.25) is 0 Å². The lowest BCUT2D eigenvalue weighted by molar-refractivity contribution is -0.244. The predicted molar refractivity (Wildman–Crippen MR) is 40.6 cm³/mol. The average Bonchev–Trinajstić information content (AvgIpc) is 2.47. The van der Waals surface area contributed by atoms with Crippen LogP contribution in [-0.2, 0) is 18.9 Å². The summed E-state index contributed by atoms with van der Waals surface area (Å²) in [5.41, 5.74) is 0. The molecule has 2 rings (SSSR count). The van der Waals surface area contributed by atoms with Gasteiger partial charge in [0.25, 0.3) is 0 Å². The number of hydrogen-bond donors (Lipinski definition) is 0. The van der Waals surface area contributed by atoms with Crippen molar-refractivity contribution in [2.45, 2.75) is 44.5 Å². The standard InChI is InChI=1S/C8H13FO4/c1-8(2)12-4-5(13-8)7(10-3)11-6(4)9/h4-7H,1-3H3. The van der Waals surface area contributed by atoms with Gasteiger partial charge in [-0.15, -0.1) is 0 Å². The van der Waals surface area contributed by atoms with Crippen LogP contribution in [0.3, 0.4) is 0 Å². The maximum atomic E-state index is 13.2. The molecule has 0 aromatic heterocycles. The first-order valence-electron chi connectivity index (χ1n) is 4.21. The number of rotatable bonds is 1. The normalized spacial score (nSPS) is 48.0. The highest BCUT2D eigenvalue weighted by atomic mass is 19.1. The van der Waals surface area contributed by atoms with Gasteiger partial charge in [0.1, 0.15) is 12.2 Å². The largest absolute Gasteiger partial charge is 0.353 e. The second-order valence-electron chi connectivity index (χ2n) is 3.66. The summed E-state index contributed by atoms with van der Waals surface area (Å²) in [4.78, 5) is 0. The Balaban J connectivity index is 2.12. The van der Waals surface area contributed by atoms with Crippen LogP contribution in [0.1, 0.15) is 13.8 Å².